The molecule has 1 aliphatic rings. The number of nitrogens with one attached hydrogen (secondary N) is 1. The van der Waals surface area contributed by atoms with Crippen molar-refractivity contribution in [1.29, 1.82) is 0 Å². The first kappa shape index (κ1) is 17.9. The van der Waals surface area contributed by atoms with Gasteiger partial charge in [0, 0.05) is 30.1 Å². The molecule has 25 heavy (non-hydrogen) atoms. The molecular weight excluding hydrogens is 336 g/mol. The number of rotatable bonds is 7. The van der Waals surface area contributed by atoms with Gasteiger partial charge in [-0.3, -0.25) is 9.69 Å². The normalized spacial score (nSPS) is 16.4. The Morgan fingerprint density at radius 1 is 1.28 bits per heavy atom. The van der Waals surface area contributed by atoms with Crippen molar-refractivity contribution in [2.75, 3.05) is 39.5 Å². The van der Waals surface area contributed by atoms with E-state index in [1.54, 1.807) is 23.5 Å². The molecule has 1 atom stereocenters. The largest absolute Gasteiger partial charge is 0.494 e. The summed E-state index contributed by atoms with van der Waals surface area (Å²) in [4.78, 5) is 16.1. The standard InChI is InChI=1S/C19H24N2O3S/c1-2-24-16-7-5-15(6-8-16)19(22)20-14-17(18-4-3-13-25-18)21-9-11-23-12-10-21/h3-8,13,17H,2,9-12,14H2,1H3,(H,20,22). The van der Waals surface area contributed by atoms with Crippen molar-refractivity contribution in [3.63, 3.8) is 0 Å². The van der Waals surface area contributed by atoms with Crippen LogP contribution in [0.5, 0.6) is 5.75 Å². The van der Waals surface area contributed by atoms with E-state index in [0.717, 1.165) is 32.1 Å². The summed E-state index contributed by atoms with van der Waals surface area (Å²) in [6, 6.07) is 11.6. The second-order valence-electron chi connectivity index (χ2n) is 5.85. The molecule has 1 saturated heterocycles. The molecule has 134 valence electrons. The van der Waals surface area contributed by atoms with Crippen LogP contribution in [0.1, 0.15) is 28.2 Å². The first-order chi connectivity index (χ1) is 12.3. The van der Waals surface area contributed by atoms with Gasteiger partial charge in [-0.15, -0.1) is 11.3 Å². The summed E-state index contributed by atoms with van der Waals surface area (Å²) in [6.07, 6.45) is 0. The summed E-state index contributed by atoms with van der Waals surface area (Å²) >= 11 is 1.73. The van der Waals surface area contributed by atoms with Crippen LogP contribution in [0.25, 0.3) is 0 Å². The van der Waals surface area contributed by atoms with Gasteiger partial charge in [-0.25, -0.2) is 0 Å². The van der Waals surface area contributed by atoms with Crippen molar-refractivity contribution >= 4 is 17.2 Å². The van der Waals surface area contributed by atoms with Gasteiger partial charge in [0.15, 0.2) is 0 Å². The van der Waals surface area contributed by atoms with Crippen LogP contribution in [0.2, 0.25) is 0 Å². The minimum Gasteiger partial charge on any atom is -0.494 e. The lowest BCUT2D eigenvalue weighted by atomic mass is 10.1. The smallest absolute Gasteiger partial charge is 0.251 e. The van der Waals surface area contributed by atoms with Crippen molar-refractivity contribution in [2.45, 2.75) is 13.0 Å². The fourth-order valence-electron chi connectivity index (χ4n) is 2.94. The zero-order chi connectivity index (χ0) is 17.5. The van der Waals surface area contributed by atoms with Gasteiger partial charge < -0.3 is 14.8 Å². The maximum Gasteiger partial charge on any atom is 0.251 e. The van der Waals surface area contributed by atoms with Crippen LogP contribution >= 0.6 is 11.3 Å². The predicted octanol–water partition coefficient (Wildman–Crippen LogP) is 2.95. The maximum absolute atomic E-state index is 12.5. The highest BCUT2D eigenvalue weighted by Gasteiger charge is 2.24. The number of nitrogens with zero attached hydrogens (tertiary/aromatic N) is 1. The highest BCUT2D eigenvalue weighted by molar-refractivity contribution is 7.10. The molecule has 3 rings (SSSR count). The number of morpholine rings is 1. The summed E-state index contributed by atoms with van der Waals surface area (Å²) < 4.78 is 10.9. The molecule has 0 radical (unpaired) electrons. The van der Waals surface area contributed by atoms with Crippen LogP contribution < -0.4 is 10.1 Å². The second kappa shape index (κ2) is 8.99. The van der Waals surface area contributed by atoms with Gasteiger partial charge in [-0.1, -0.05) is 6.07 Å². The number of hydrogen-bond acceptors (Lipinski definition) is 5. The average molecular weight is 360 g/mol. The molecule has 0 saturated carbocycles. The molecule has 0 bridgehead atoms. The molecule has 2 aromatic rings. The van der Waals surface area contributed by atoms with Crippen LogP contribution in [0.15, 0.2) is 41.8 Å². The molecule has 5 nitrogen and oxygen atoms in total. The lowest BCUT2D eigenvalue weighted by Gasteiger charge is -2.34. The van der Waals surface area contributed by atoms with Gasteiger partial charge in [-0.05, 0) is 42.6 Å². The fraction of sp³-hybridized carbons (Fsp3) is 0.421. The molecule has 1 aromatic carbocycles. The quantitative estimate of drug-likeness (QED) is 0.825. The minimum atomic E-state index is -0.0575. The lowest BCUT2D eigenvalue weighted by Crippen LogP contribution is -2.43. The molecule has 0 aliphatic carbocycles. The van der Waals surface area contributed by atoms with Gasteiger partial charge in [0.25, 0.3) is 5.91 Å². The van der Waals surface area contributed by atoms with Gasteiger partial charge in [0.05, 0.1) is 25.9 Å². The monoisotopic (exact) mass is 360 g/mol. The van der Waals surface area contributed by atoms with E-state index in [1.807, 2.05) is 19.1 Å². The lowest BCUT2D eigenvalue weighted by molar-refractivity contribution is 0.0169. The Bertz CT molecular complexity index is 652. The van der Waals surface area contributed by atoms with E-state index >= 15 is 0 Å². The van der Waals surface area contributed by atoms with Crippen LogP contribution in [0.3, 0.4) is 0 Å². The molecule has 1 aliphatic heterocycles. The third-order valence-electron chi connectivity index (χ3n) is 4.24. The Labute approximate surface area is 152 Å². The Kier molecular flexibility index (Phi) is 6.44. The molecule has 1 unspecified atom stereocenters. The van der Waals surface area contributed by atoms with E-state index in [-0.39, 0.29) is 11.9 Å². The first-order valence-electron chi connectivity index (χ1n) is 8.64. The summed E-state index contributed by atoms with van der Waals surface area (Å²) in [5.74, 6) is 0.724. The topological polar surface area (TPSA) is 50.8 Å². The van der Waals surface area contributed by atoms with E-state index in [0.29, 0.717) is 18.7 Å². The first-order valence-corrected chi connectivity index (χ1v) is 9.52. The highest BCUT2D eigenvalue weighted by atomic mass is 32.1. The molecule has 6 heteroatoms. The number of hydrogen-bond donors (Lipinski definition) is 1. The Morgan fingerprint density at radius 2 is 2.04 bits per heavy atom. The molecule has 1 aromatic heterocycles. The van der Waals surface area contributed by atoms with Gasteiger partial charge >= 0.3 is 0 Å². The van der Waals surface area contributed by atoms with Crippen molar-refractivity contribution in [3.05, 3.63) is 52.2 Å². The van der Waals surface area contributed by atoms with E-state index < -0.39 is 0 Å². The van der Waals surface area contributed by atoms with Crippen molar-refractivity contribution in [1.82, 2.24) is 10.2 Å². The molecule has 2 heterocycles. The van der Waals surface area contributed by atoms with Crippen LogP contribution in [0.4, 0.5) is 0 Å². The second-order valence-corrected chi connectivity index (χ2v) is 6.83. The van der Waals surface area contributed by atoms with E-state index in [1.165, 1.54) is 4.88 Å². The zero-order valence-electron chi connectivity index (χ0n) is 14.4. The van der Waals surface area contributed by atoms with Crippen LogP contribution in [0, 0.1) is 0 Å². The summed E-state index contributed by atoms with van der Waals surface area (Å²) in [5, 5.41) is 5.16. The summed E-state index contributed by atoms with van der Waals surface area (Å²) in [5.41, 5.74) is 0.648. The van der Waals surface area contributed by atoms with E-state index in [2.05, 4.69) is 27.7 Å². The molecule has 1 amide bonds. The highest BCUT2D eigenvalue weighted by Crippen LogP contribution is 2.25. The number of benzene rings is 1. The number of ether oxygens (including phenoxy) is 2. The third-order valence-corrected chi connectivity index (χ3v) is 5.22. The number of amides is 1. The van der Waals surface area contributed by atoms with E-state index in [4.69, 9.17) is 9.47 Å². The molecule has 1 fully saturated rings. The summed E-state index contributed by atoms with van der Waals surface area (Å²) in [7, 11) is 0. The molecule has 1 N–H and O–H groups in total. The molecular formula is C19H24N2O3S. The zero-order valence-corrected chi connectivity index (χ0v) is 15.3. The Balaban J connectivity index is 1.62. The predicted molar refractivity (Wildman–Crippen MR) is 99.4 cm³/mol. The van der Waals surface area contributed by atoms with Gasteiger partial charge in [0.1, 0.15) is 5.75 Å². The van der Waals surface area contributed by atoms with Gasteiger partial charge in [0.2, 0.25) is 0 Å². The Hall–Kier alpha value is -1.89. The third kappa shape index (κ3) is 4.81. The number of carbonyl (C=O) groups excluding carboxylic acids is 1. The van der Waals surface area contributed by atoms with Crippen LogP contribution in [-0.4, -0.2) is 50.3 Å². The van der Waals surface area contributed by atoms with Crippen LogP contribution in [-0.2, 0) is 4.74 Å². The average Bonchev–Trinajstić information content (AvgIpc) is 3.18. The molecule has 0 spiro atoms. The maximum atomic E-state index is 12.5. The van der Waals surface area contributed by atoms with E-state index in [9.17, 15) is 4.79 Å². The van der Waals surface area contributed by atoms with Crippen molar-refractivity contribution < 1.29 is 14.3 Å². The Morgan fingerprint density at radius 3 is 2.68 bits per heavy atom. The minimum absolute atomic E-state index is 0.0575. The van der Waals surface area contributed by atoms with Gasteiger partial charge in [-0.2, -0.15) is 0 Å². The fourth-order valence-corrected chi connectivity index (χ4v) is 3.80. The summed E-state index contributed by atoms with van der Waals surface area (Å²) in [6.45, 7) is 6.42. The number of thiophene rings is 1. The van der Waals surface area contributed by atoms with Crippen molar-refractivity contribution in [2.24, 2.45) is 0 Å². The SMILES string of the molecule is CCOc1ccc(C(=O)NCC(c2cccs2)N2CCOCC2)cc1. The van der Waals surface area contributed by atoms with Crippen molar-refractivity contribution in [3.8, 4) is 5.75 Å². The number of carbonyl (C=O) groups is 1.